The second-order valence-corrected chi connectivity index (χ2v) is 6.64. The lowest BCUT2D eigenvalue weighted by molar-refractivity contribution is 0.102. The second-order valence-electron chi connectivity index (χ2n) is 6.64. The van der Waals surface area contributed by atoms with E-state index in [0.29, 0.717) is 28.7 Å². The SMILES string of the molecule is COc1ccc(C(=O)Nc2ccc(F)cc2F)cc1COc1ccc(C)c(C)c1. The molecule has 0 radical (unpaired) electrons. The van der Waals surface area contributed by atoms with Crippen molar-refractivity contribution in [2.45, 2.75) is 20.5 Å². The largest absolute Gasteiger partial charge is 0.496 e. The summed E-state index contributed by atoms with van der Waals surface area (Å²) in [6.45, 7) is 4.22. The lowest BCUT2D eigenvalue weighted by Crippen LogP contribution is -2.14. The molecule has 29 heavy (non-hydrogen) atoms. The van der Waals surface area contributed by atoms with Gasteiger partial charge in [0, 0.05) is 17.2 Å². The van der Waals surface area contributed by atoms with Crippen molar-refractivity contribution in [2.75, 3.05) is 12.4 Å². The Balaban J connectivity index is 1.78. The summed E-state index contributed by atoms with van der Waals surface area (Å²) < 4.78 is 38.0. The van der Waals surface area contributed by atoms with Crippen LogP contribution in [0.1, 0.15) is 27.0 Å². The van der Waals surface area contributed by atoms with Crippen LogP contribution in [-0.4, -0.2) is 13.0 Å². The average molecular weight is 397 g/mol. The fourth-order valence-corrected chi connectivity index (χ4v) is 2.78. The van der Waals surface area contributed by atoms with Crippen molar-refractivity contribution in [3.05, 3.63) is 88.5 Å². The van der Waals surface area contributed by atoms with E-state index in [2.05, 4.69) is 5.32 Å². The van der Waals surface area contributed by atoms with Gasteiger partial charge in [-0.2, -0.15) is 0 Å². The Morgan fingerprint density at radius 1 is 0.966 bits per heavy atom. The third-order valence-electron chi connectivity index (χ3n) is 4.59. The van der Waals surface area contributed by atoms with Gasteiger partial charge >= 0.3 is 0 Å². The maximum Gasteiger partial charge on any atom is 0.255 e. The summed E-state index contributed by atoms with van der Waals surface area (Å²) in [6.07, 6.45) is 0. The quantitative estimate of drug-likeness (QED) is 0.604. The third-order valence-corrected chi connectivity index (χ3v) is 4.59. The molecular weight excluding hydrogens is 376 g/mol. The van der Waals surface area contributed by atoms with Crippen molar-refractivity contribution in [3.63, 3.8) is 0 Å². The molecule has 0 fully saturated rings. The number of nitrogens with one attached hydrogen (secondary N) is 1. The van der Waals surface area contributed by atoms with Gasteiger partial charge in [-0.3, -0.25) is 4.79 Å². The predicted molar refractivity (Wildman–Crippen MR) is 108 cm³/mol. The molecule has 0 heterocycles. The molecule has 0 saturated carbocycles. The highest BCUT2D eigenvalue weighted by Crippen LogP contribution is 2.24. The van der Waals surface area contributed by atoms with Crippen LogP contribution in [-0.2, 0) is 6.61 Å². The van der Waals surface area contributed by atoms with Crippen molar-refractivity contribution >= 4 is 11.6 Å². The van der Waals surface area contributed by atoms with Gasteiger partial charge in [0.05, 0.1) is 12.8 Å². The van der Waals surface area contributed by atoms with E-state index in [1.165, 1.54) is 18.7 Å². The van der Waals surface area contributed by atoms with Gasteiger partial charge in [-0.05, 0) is 67.4 Å². The smallest absolute Gasteiger partial charge is 0.255 e. The molecule has 3 aromatic rings. The van der Waals surface area contributed by atoms with Crippen LogP contribution in [0, 0.1) is 25.5 Å². The molecule has 1 amide bonds. The Kier molecular flexibility index (Phi) is 6.12. The minimum absolute atomic E-state index is 0.0971. The Morgan fingerprint density at radius 2 is 1.76 bits per heavy atom. The highest BCUT2D eigenvalue weighted by atomic mass is 19.1. The van der Waals surface area contributed by atoms with E-state index in [0.717, 1.165) is 11.6 Å². The Bertz CT molecular complexity index is 1050. The number of anilines is 1. The molecule has 3 aromatic carbocycles. The normalized spacial score (nSPS) is 10.5. The molecule has 0 saturated heterocycles. The van der Waals surface area contributed by atoms with Crippen LogP contribution in [0.4, 0.5) is 14.5 Å². The first-order chi connectivity index (χ1) is 13.9. The van der Waals surface area contributed by atoms with Crippen molar-refractivity contribution < 1.29 is 23.0 Å². The number of hydrogen-bond acceptors (Lipinski definition) is 3. The topological polar surface area (TPSA) is 47.6 Å². The molecule has 0 aliphatic heterocycles. The fourth-order valence-electron chi connectivity index (χ4n) is 2.78. The molecule has 0 aromatic heterocycles. The van der Waals surface area contributed by atoms with Gasteiger partial charge in [-0.25, -0.2) is 8.78 Å². The summed E-state index contributed by atoms with van der Waals surface area (Å²) in [5.41, 5.74) is 3.15. The van der Waals surface area contributed by atoms with Crippen LogP contribution in [0.25, 0.3) is 0 Å². The molecule has 0 bridgehead atoms. The van der Waals surface area contributed by atoms with Gasteiger partial charge in [-0.15, -0.1) is 0 Å². The monoisotopic (exact) mass is 397 g/mol. The summed E-state index contributed by atoms with van der Waals surface area (Å²) >= 11 is 0. The number of rotatable bonds is 6. The first kappa shape index (κ1) is 20.3. The van der Waals surface area contributed by atoms with Crippen molar-refractivity contribution in [1.82, 2.24) is 0 Å². The van der Waals surface area contributed by atoms with E-state index in [-0.39, 0.29) is 12.3 Å². The van der Waals surface area contributed by atoms with Gasteiger partial charge in [0.25, 0.3) is 5.91 Å². The molecule has 6 heteroatoms. The van der Waals surface area contributed by atoms with Gasteiger partial charge in [0.15, 0.2) is 0 Å². The molecule has 4 nitrogen and oxygen atoms in total. The lowest BCUT2D eigenvalue weighted by atomic mass is 10.1. The molecule has 0 unspecified atom stereocenters. The Hall–Kier alpha value is -3.41. The minimum Gasteiger partial charge on any atom is -0.496 e. The highest BCUT2D eigenvalue weighted by Gasteiger charge is 2.13. The van der Waals surface area contributed by atoms with Crippen LogP contribution in [0.15, 0.2) is 54.6 Å². The number of hydrogen-bond donors (Lipinski definition) is 1. The van der Waals surface area contributed by atoms with E-state index < -0.39 is 17.5 Å². The van der Waals surface area contributed by atoms with Gasteiger partial charge in [-0.1, -0.05) is 6.07 Å². The van der Waals surface area contributed by atoms with Crippen LogP contribution < -0.4 is 14.8 Å². The van der Waals surface area contributed by atoms with Crippen molar-refractivity contribution in [3.8, 4) is 11.5 Å². The number of benzene rings is 3. The van der Waals surface area contributed by atoms with Gasteiger partial charge in [0.2, 0.25) is 0 Å². The Morgan fingerprint density at radius 3 is 2.45 bits per heavy atom. The van der Waals surface area contributed by atoms with E-state index in [1.54, 1.807) is 18.2 Å². The number of methoxy groups -OCH3 is 1. The van der Waals surface area contributed by atoms with E-state index >= 15 is 0 Å². The summed E-state index contributed by atoms with van der Waals surface area (Å²) in [7, 11) is 1.53. The second kappa shape index (κ2) is 8.73. The number of ether oxygens (including phenoxy) is 2. The first-order valence-corrected chi connectivity index (χ1v) is 9.00. The maximum absolute atomic E-state index is 13.8. The van der Waals surface area contributed by atoms with E-state index in [9.17, 15) is 13.6 Å². The first-order valence-electron chi connectivity index (χ1n) is 9.00. The molecule has 3 rings (SSSR count). The van der Waals surface area contributed by atoms with Crippen LogP contribution in [0.5, 0.6) is 11.5 Å². The third kappa shape index (κ3) is 4.90. The van der Waals surface area contributed by atoms with Crippen LogP contribution in [0.3, 0.4) is 0 Å². The minimum atomic E-state index is -0.842. The Labute approximate surface area is 168 Å². The summed E-state index contributed by atoms with van der Waals surface area (Å²) in [4.78, 5) is 12.5. The molecule has 0 atom stereocenters. The fraction of sp³-hybridized carbons (Fsp3) is 0.174. The number of halogens is 2. The zero-order chi connectivity index (χ0) is 21.0. The summed E-state index contributed by atoms with van der Waals surface area (Å²) in [5.74, 6) is -0.803. The molecule has 150 valence electrons. The predicted octanol–water partition coefficient (Wildman–Crippen LogP) is 5.42. The molecule has 0 aliphatic carbocycles. The van der Waals surface area contributed by atoms with Crippen LogP contribution >= 0.6 is 0 Å². The van der Waals surface area contributed by atoms with Gasteiger partial charge < -0.3 is 14.8 Å². The molecular formula is C23H21F2NO3. The number of carbonyl (C=O) groups is 1. The summed E-state index contributed by atoms with van der Waals surface area (Å²) in [5, 5.41) is 2.44. The maximum atomic E-state index is 13.8. The molecule has 0 aliphatic rings. The molecule has 0 spiro atoms. The van der Waals surface area contributed by atoms with E-state index in [1.807, 2.05) is 32.0 Å². The zero-order valence-corrected chi connectivity index (χ0v) is 16.4. The average Bonchev–Trinajstić information content (AvgIpc) is 2.70. The van der Waals surface area contributed by atoms with Crippen molar-refractivity contribution in [1.29, 1.82) is 0 Å². The standard InChI is InChI=1S/C23H21F2NO3/c1-14-4-7-19(10-15(14)2)29-13-17-11-16(5-9-22(17)28-3)23(27)26-21-8-6-18(24)12-20(21)25/h4-12H,13H2,1-3H3,(H,26,27). The number of amides is 1. The lowest BCUT2D eigenvalue weighted by Gasteiger charge is -2.13. The number of aryl methyl sites for hydroxylation is 2. The molecule has 1 N–H and O–H groups in total. The van der Waals surface area contributed by atoms with Crippen LogP contribution in [0.2, 0.25) is 0 Å². The highest BCUT2D eigenvalue weighted by molar-refractivity contribution is 6.04. The number of carbonyl (C=O) groups excluding carboxylic acids is 1. The summed E-state index contributed by atoms with van der Waals surface area (Å²) in [6, 6.07) is 13.6. The van der Waals surface area contributed by atoms with Gasteiger partial charge in [0.1, 0.15) is 29.7 Å². The van der Waals surface area contributed by atoms with Crippen molar-refractivity contribution in [2.24, 2.45) is 0 Å². The zero-order valence-electron chi connectivity index (χ0n) is 16.4. The van der Waals surface area contributed by atoms with E-state index in [4.69, 9.17) is 9.47 Å².